The summed E-state index contributed by atoms with van der Waals surface area (Å²) in [7, 11) is 0. The van der Waals surface area contributed by atoms with Crippen LogP contribution in [0, 0.1) is 0 Å². The van der Waals surface area contributed by atoms with Crippen molar-refractivity contribution >= 4 is 5.91 Å². The van der Waals surface area contributed by atoms with Crippen molar-refractivity contribution in [3.8, 4) is 0 Å². The van der Waals surface area contributed by atoms with Crippen LogP contribution >= 0.6 is 0 Å². The molecule has 1 heterocycles. The van der Waals surface area contributed by atoms with Gasteiger partial charge in [-0.2, -0.15) is 0 Å². The predicted molar refractivity (Wildman–Crippen MR) is 64.2 cm³/mol. The van der Waals surface area contributed by atoms with E-state index in [1.807, 2.05) is 32.0 Å². The molecule has 1 aromatic rings. The average Bonchev–Trinajstić information content (AvgIpc) is 2.27. The van der Waals surface area contributed by atoms with Gasteiger partial charge in [-0.25, -0.2) is 0 Å². The number of benzene rings is 1. The monoisotopic (exact) mass is 218 g/mol. The number of carbonyl (C=O) groups is 1. The highest BCUT2D eigenvalue weighted by Gasteiger charge is 2.25. The lowest BCUT2D eigenvalue weighted by atomic mass is 9.94. The van der Waals surface area contributed by atoms with E-state index >= 15 is 0 Å². The van der Waals surface area contributed by atoms with Gasteiger partial charge in [-0.15, -0.1) is 0 Å². The number of hydrogen-bond acceptors (Lipinski definition) is 2. The molecule has 1 aliphatic rings. The molecule has 0 bridgehead atoms. The summed E-state index contributed by atoms with van der Waals surface area (Å²) in [6.45, 7) is 4.83. The van der Waals surface area contributed by atoms with E-state index in [-0.39, 0.29) is 18.0 Å². The van der Waals surface area contributed by atoms with Crippen LogP contribution in [-0.4, -0.2) is 18.5 Å². The van der Waals surface area contributed by atoms with Crippen LogP contribution in [0.15, 0.2) is 24.3 Å². The maximum absolute atomic E-state index is 12.0. The zero-order valence-electron chi connectivity index (χ0n) is 9.79. The summed E-state index contributed by atoms with van der Waals surface area (Å²) >= 11 is 0. The highest BCUT2D eigenvalue weighted by atomic mass is 16.2. The number of hydrogen-bond donors (Lipinski definition) is 2. The molecular formula is C13H18N2O. The predicted octanol–water partition coefficient (Wildman–Crippen LogP) is 1.40. The Labute approximate surface area is 96.2 Å². The van der Waals surface area contributed by atoms with Gasteiger partial charge in [0.2, 0.25) is 5.91 Å². The average molecular weight is 218 g/mol. The first-order valence-electron chi connectivity index (χ1n) is 5.80. The number of rotatable bonds is 2. The topological polar surface area (TPSA) is 41.1 Å². The third kappa shape index (κ3) is 2.25. The first-order valence-corrected chi connectivity index (χ1v) is 5.80. The highest BCUT2D eigenvalue weighted by molar-refractivity contribution is 5.84. The largest absolute Gasteiger partial charge is 0.352 e. The van der Waals surface area contributed by atoms with E-state index in [4.69, 9.17) is 0 Å². The lowest BCUT2D eigenvalue weighted by Gasteiger charge is -2.26. The Bertz CT molecular complexity index is 387. The molecule has 1 unspecified atom stereocenters. The van der Waals surface area contributed by atoms with Gasteiger partial charge in [-0.3, -0.25) is 4.79 Å². The van der Waals surface area contributed by atoms with E-state index in [1.54, 1.807) is 0 Å². The molecule has 0 saturated carbocycles. The summed E-state index contributed by atoms with van der Waals surface area (Å²) < 4.78 is 0. The third-order valence-electron chi connectivity index (χ3n) is 2.80. The standard InChI is InChI=1S/C13H18N2O/c1-9(2)15-13(16)12-11-6-4-3-5-10(11)7-8-14-12/h3-6,9,12,14H,7-8H2,1-2H3,(H,15,16). The molecule has 0 saturated heterocycles. The van der Waals surface area contributed by atoms with Crippen molar-refractivity contribution in [2.75, 3.05) is 6.54 Å². The molecular weight excluding hydrogens is 200 g/mol. The Hall–Kier alpha value is -1.35. The molecule has 1 aromatic carbocycles. The summed E-state index contributed by atoms with van der Waals surface area (Å²) in [6, 6.07) is 8.15. The Kier molecular flexibility index (Phi) is 3.25. The molecule has 0 aliphatic carbocycles. The molecule has 2 N–H and O–H groups in total. The number of fused-ring (bicyclic) bond motifs is 1. The first-order chi connectivity index (χ1) is 7.68. The van der Waals surface area contributed by atoms with Crippen molar-refractivity contribution in [1.82, 2.24) is 10.6 Å². The van der Waals surface area contributed by atoms with Gasteiger partial charge in [-0.1, -0.05) is 24.3 Å². The van der Waals surface area contributed by atoms with Gasteiger partial charge in [-0.05, 0) is 31.4 Å². The van der Waals surface area contributed by atoms with Crippen LogP contribution in [0.25, 0.3) is 0 Å². The van der Waals surface area contributed by atoms with Crippen LogP contribution in [0.5, 0.6) is 0 Å². The van der Waals surface area contributed by atoms with Crippen LogP contribution in [-0.2, 0) is 11.2 Å². The summed E-state index contributed by atoms with van der Waals surface area (Å²) in [4.78, 5) is 12.0. The summed E-state index contributed by atoms with van der Waals surface area (Å²) in [5.74, 6) is 0.0714. The Morgan fingerprint density at radius 2 is 2.19 bits per heavy atom. The maximum atomic E-state index is 12.0. The Morgan fingerprint density at radius 3 is 2.94 bits per heavy atom. The fourth-order valence-electron chi connectivity index (χ4n) is 2.11. The molecule has 0 fully saturated rings. The molecule has 1 aliphatic heterocycles. The van der Waals surface area contributed by atoms with Crippen LogP contribution in [0.2, 0.25) is 0 Å². The van der Waals surface area contributed by atoms with Crippen LogP contribution in [0.4, 0.5) is 0 Å². The van der Waals surface area contributed by atoms with E-state index in [9.17, 15) is 4.79 Å². The second kappa shape index (κ2) is 4.66. The van der Waals surface area contributed by atoms with E-state index in [0.29, 0.717) is 0 Å². The molecule has 0 radical (unpaired) electrons. The molecule has 1 amide bonds. The molecule has 3 heteroatoms. The smallest absolute Gasteiger partial charge is 0.241 e. The normalized spacial score (nSPS) is 19.3. The molecule has 1 atom stereocenters. The minimum absolute atomic E-state index is 0.0714. The number of carbonyl (C=O) groups excluding carboxylic acids is 1. The molecule has 3 nitrogen and oxygen atoms in total. The van der Waals surface area contributed by atoms with Crippen molar-refractivity contribution in [2.24, 2.45) is 0 Å². The van der Waals surface area contributed by atoms with Crippen LogP contribution in [0.3, 0.4) is 0 Å². The SMILES string of the molecule is CC(C)NC(=O)C1NCCc2ccccc21. The lowest BCUT2D eigenvalue weighted by Crippen LogP contribution is -2.43. The molecule has 0 spiro atoms. The molecule has 2 rings (SSSR count). The Balaban J connectivity index is 2.21. The fourth-order valence-corrected chi connectivity index (χ4v) is 2.11. The van der Waals surface area contributed by atoms with E-state index in [0.717, 1.165) is 18.5 Å². The van der Waals surface area contributed by atoms with Crippen molar-refractivity contribution in [3.63, 3.8) is 0 Å². The Morgan fingerprint density at radius 1 is 1.44 bits per heavy atom. The second-order valence-electron chi connectivity index (χ2n) is 4.50. The van der Waals surface area contributed by atoms with Gasteiger partial charge < -0.3 is 10.6 Å². The fraction of sp³-hybridized carbons (Fsp3) is 0.462. The van der Waals surface area contributed by atoms with E-state index in [1.165, 1.54) is 5.56 Å². The van der Waals surface area contributed by atoms with E-state index < -0.39 is 0 Å². The van der Waals surface area contributed by atoms with Crippen molar-refractivity contribution < 1.29 is 4.79 Å². The van der Waals surface area contributed by atoms with Gasteiger partial charge in [0.15, 0.2) is 0 Å². The molecule has 86 valence electrons. The van der Waals surface area contributed by atoms with Crippen LogP contribution in [0.1, 0.15) is 31.0 Å². The van der Waals surface area contributed by atoms with Gasteiger partial charge in [0.05, 0.1) is 0 Å². The van der Waals surface area contributed by atoms with Gasteiger partial charge in [0.1, 0.15) is 6.04 Å². The minimum Gasteiger partial charge on any atom is -0.352 e. The van der Waals surface area contributed by atoms with Gasteiger partial charge in [0.25, 0.3) is 0 Å². The summed E-state index contributed by atoms with van der Waals surface area (Å²) in [6.07, 6.45) is 1.00. The summed E-state index contributed by atoms with van der Waals surface area (Å²) in [5.41, 5.74) is 2.40. The minimum atomic E-state index is -0.188. The highest BCUT2D eigenvalue weighted by Crippen LogP contribution is 2.22. The van der Waals surface area contributed by atoms with Crippen molar-refractivity contribution in [1.29, 1.82) is 0 Å². The molecule has 16 heavy (non-hydrogen) atoms. The number of amides is 1. The molecule has 0 aromatic heterocycles. The summed E-state index contributed by atoms with van der Waals surface area (Å²) in [5, 5.41) is 6.22. The van der Waals surface area contributed by atoms with Crippen molar-refractivity contribution in [3.05, 3.63) is 35.4 Å². The lowest BCUT2D eigenvalue weighted by molar-refractivity contribution is -0.123. The van der Waals surface area contributed by atoms with Gasteiger partial charge in [0, 0.05) is 12.6 Å². The quantitative estimate of drug-likeness (QED) is 0.787. The first kappa shape index (κ1) is 11.1. The van der Waals surface area contributed by atoms with E-state index in [2.05, 4.69) is 16.7 Å². The third-order valence-corrected chi connectivity index (χ3v) is 2.80. The second-order valence-corrected chi connectivity index (χ2v) is 4.50. The number of nitrogens with one attached hydrogen (secondary N) is 2. The van der Waals surface area contributed by atoms with Crippen molar-refractivity contribution in [2.45, 2.75) is 32.4 Å². The maximum Gasteiger partial charge on any atom is 0.241 e. The zero-order chi connectivity index (χ0) is 11.5. The zero-order valence-corrected chi connectivity index (χ0v) is 9.79. The van der Waals surface area contributed by atoms with Gasteiger partial charge >= 0.3 is 0 Å². The van der Waals surface area contributed by atoms with Crippen LogP contribution < -0.4 is 10.6 Å².